The molecule has 7 heavy (non-hydrogen) atoms. The second kappa shape index (κ2) is 161. The molecule has 0 atom stereocenters. The number of hydrogen-bond acceptors (Lipinski definition) is 3. The van der Waals surface area contributed by atoms with Gasteiger partial charge < -0.3 is 21.9 Å². The summed E-state index contributed by atoms with van der Waals surface area (Å²) in [4.78, 5) is 0. The summed E-state index contributed by atoms with van der Waals surface area (Å²) in [5, 5.41) is 0. The molecule has 0 aromatic carbocycles. The number of rotatable bonds is 0. The summed E-state index contributed by atoms with van der Waals surface area (Å²) in [5.74, 6) is 0. The average Bonchev–Trinajstić information content (AvgIpc) is 0. The zero-order valence-corrected chi connectivity index (χ0v) is 5.87. The van der Waals surface area contributed by atoms with Crippen molar-refractivity contribution in [1.82, 2.24) is 0 Å². The average molecular weight is 244 g/mol. The van der Waals surface area contributed by atoms with Gasteiger partial charge >= 0.3 is 33.6 Å². The van der Waals surface area contributed by atoms with E-state index in [1.807, 2.05) is 0 Å². The van der Waals surface area contributed by atoms with Crippen LogP contribution < -0.4 is 0 Å². The largest absolute Gasteiger partial charge is 2.00 e. The Balaban J connectivity index is 0. The topological polar surface area (TPSA) is 118 Å². The van der Waals surface area contributed by atoms with Crippen LogP contribution in [-0.4, -0.2) is 16.4 Å². The standard InChI is InChI=1S/3Co.3H2O.O/h;;;3*1H2;/q;2*+2;;;;-2/p-3. The van der Waals surface area contributed by atoms with Crippen molar-refractivity contribution < 1.29 is 72.2 Å². The summed E-state index contributed by atoms with van der Waals surface area (Å²) in [7, 11) is 0. The van der Waals surface area contributed by atoms with Crippen LogP contribution in [0.15, 0.2) is 0 Å². The molecule has 0 saturated carbocycles. The Morgan fingerprint density at radius 1 is 0.571 bits per heavy atom. The van der Waals surface area contributed by atoms with E-state index in [9.17, 15) is 0 Å². The van der Waals surface area contributed by atoms with E-state index in [1.54, 1.807) is 0 Å². The normalized spacial score (nSPS) is 0. The van der Waals surface area contributed by atoms with Gasteiger partial charge in [0.25, 0.3) is 0 Å². The van der Waals surface area contributed by atoms with Crippen LogP contribution in [0.4, 0.5) is 0 Å². The van der Waals surface area contributed by atoms with Crippen LogP contribution in [0.3, 0.4) is 0 Å². The summed E-state index contributed by atoms with van der Waals surface area (Å²) >= 11 is 0. The fourth-order valence-electron chi connectivity index (χ4n) is 0. The molecule has 0 bridgehead atoms. The van der Waals surface area contributed by atoms with E-state index < -0.39 is 0 Å². The van der Waals surface area contributed by atoms with Crippen molar-refractivity contribution in [2.24, 2.45) is 0 Å². The van der Waals surface area contributed by atoms with E-state index in [2.05, 4.69) is 0 Å². The molecule has 0 fully saturated rings. The van der Waals surface area contributed by atoms with Crippen molar-refractivity contribution in [2.45, 2.75) is 0 Å². The van der Waals surface area contributed by atoms with Crippen LogP contribution >= 0.6 is 0 Å². The zero-order chi connectivity index (χ0) is 0. The molecular weight excluding hydrogens is 241 g/mol. The molecular formula is H3Co3O4-. The van der Waals surface area contributed by atoms with Gasteiger partial charge in [0.1, 0.15) is 0 Å². The van der Waals surface area contributed by atoms with Crippen molar-refractivity contribution in [3.05, 3.63) is 0 Å². The Morgan fingerprint density at radius 2 is 0.571 bits per heavy atom. The molecule has 0 aromatic heterocycles. The summed E-state index contributed by atoms with van der Waals surface area (Å²) < 4.78 is 0. The Labute approximate surface area is 72.3 Å². The van der Waals surface area contributed by atoms with Crippen LogP contribution in [0.2, 0.25) is 0 Å². The predicted molar refractivity (Wildman–Crippen MR) is 6.49 cm³/mol. The third kappa shape index (κ3) is 114. The van der Waals surface area contributed by atoms with Crippen LogP contribution in [0, 0.1) is 0 Å². The minimum absolute atomic E-state index is 0. The molecule has 55 valence electrons. The summed E-state index contributed by atoms with van der Waals surface area (Å²) in [6.07, 6.45) is 0. The Morgan fingerprint density at radius 3 is 0.571 bits per heavy atom. The molecule has 0 spiro atoms. The van der Waals surface area contributed by atoms with Crippen LogP contribution in [-0.2, 0) is 55.8 Å². The van der Waals surface area contributed by atoms with E-state index in [-0.39, 0.29) is 72.2 Å². The fourth-order valence-corrected chi connectivity index (χ4v) is 0. The molecule has 0 aliphatic rings. The molecule has 0 saturated heterocycles. The first kappa shape index (κ1) is 245. The summed E-state index contributed by atoms with van der Waals surface area (Å²) in [6.45, 7) is 0. The predicted octanol–water partition coefficient (Wildman–Crippen LogP) is -0.657. The van der Waals surface area contributed by atoms with Crippen molar-refractivity contribution in [1.29, 1.82) is 0 Å². The third-order valence-electron chi connectivity index (χ3n) is 0. The van der Waals surface area contributed by atoms with Crippen molar-refractivity contribution in [3.63, 3.8) is 0 Å². The number of hydrogen-bond donors (Lipinski definition) is 0. The van der Waals surface area contributed by atoms with E-state index in [0.29, 0.717) is 0 Å². The van der Waals surface area contributed by atoms with Gasteiger partial charge in [-0.3, -0.25) is 0 Å². The van der Waals surface area contributed by atoms with Gasteiger partial charge in [0.2, 0.25) is 0 Å². The van der Waals surface area contributed by atoms with Crippen LogP contribution in [0.25, 0.3) is 0 Å². The van der Waals surface area contributed by atoms with Crippen molar-refractivity contribution in [3.8, 4) is 0 Å². The second-order valence-corrected chi connectivity index (χ2v) is 0. The molecule has 4 nitrogen and oxygen atoms in total. The molecule has 3 radical (unpaired) electrons. The SMILES string of the molecule is [Co+2].[Co+2].[Co].[O-2].[OH-].[OH-].[OH-]. The van der Waals surface area contributed by atoms with Gasteiger partial charge in [-0.25, -0.2) is 0 Å². The van der Waals surface area contributed by atoms with Gasteiger partial charge in [-0.1, -0.05) is 0 Å². The quantitative estimate of drug-likeness (QED) is 0.562. The van der Waals surface area contributed by atoms with Crippen LogP contribution in [0.1, 0.15) is 0 Å². The molecule has 0 heterocycles. The molecule has 0 rings (SSSR count). The van der Waals surface area contributed by atoms with Gasteiger partial charge in [-0.15, -0.1) is 0 Å². The molecule has 0 aromatic rings. The first-order chi connectivity index (χ1) is 0. The molecule has 0 aliphatic carbocycles. The van der Waals surface area contributed by atoms with E-state index >= 15 is 0 Å². The molecule has 0 unspecified atom stereocenters. The first-order valence-corrected chi connectivity index (χ1v) is 0. The molecule has 3 N–H and O–H groups in total. The molecule has 0 amide bonds. The van der Waals surface area contributed by atoms with Gasteiger partial charge in [-0.05, 0) is 0 Å². The maximum absolute atomic E-state index is 0. The van der Waals surface area contributed by atoms with Crippen LogP contribution in [0.5, 0.6) is 0 Å². The smallest absolute Gasteiger partial charge is 2.00 e. The van der Waals surface area contributed by atoms with Gasteiger partial charge in [0, 0.05) is 16.8 Å². The van der Waals surface area contributed by atoms with E-state index in [1.165, 1.54) is 0 Å². The minimum atomic E-state index is 0. The monoisotopic (exact) mass is 244 g/mol. The first-order valence-electron chi connectivity index (χ1n) is 0. The summed E-state index contributed by atoms with van der Waals surface area (Å²) in [5.41, 5.74) is 0. The minimum Gasteiger partial charge on any atom is -2.00 e. The molecule has 7 heteroatoms. The van der Waals surface area contributed by atoms with Gasteiger partial charge in [0.05, 0.1) is 0 Å². The Bertz CT molecular complexity index is 6.90. The second-order valence-electron chi connectivity index (χ2n) is 0. The van der Waals surface area contributed by atoms with Crippen molar-refractivity contribution >= 4 is 0 Å². The fraction of sp³-hybridized carbons (Fsp3) is 0. The molecule has 0 aliphatic heterocycles. The third-order valence-corrected chi connectivity index (χ3v) is 0. The van der Waals surface area contributed by atoms with E-state index in [0.717, 1.165) is 0 Å². The van der Waals surface area contributed by atoms with E-state index in [4.69, 9.17) is 0 Å². The van der Waals surface area contributed by atoms with Crippen molar-refractivity contribution in [2.75, 3.05) is 0 Å². The van der Waals surface area contributed by atoms with Gasteiger partial charge in [-0.2, -0.15) is 0 Å². The Kier molecular flexibility index (Phi) is 5640. The summed E-state index contributed by atoms with van der Waals surface area (Å²) in [6, 6.07) is 0. The van der Waals surface area contributed by atoms with Gasteiger partial charge in [0.15, 0.2) is 0 Å². The zero-order valence-electron chi connectivity index (χ0n) is 2.75. The maximum atomic E-state index is 0. The maximum Gasteiger partial charge on any atom is 2.00 e. The Hall–Kier alpha value is 1.36.